The smallest absolute Gasteiger partial charge is 0.256 e. The molecule has 0 aliphatic rings. The van der Waals surface area contributed by atoms with Crippen molar-refractivity contribution in [1.29, 1.82) is 0 Å². The van der Waals surface area contributed by atoms with Crippen molar-refractivity contribution in [2.24, 2.45) is 0 Å². The third-order valence-electron chi connectivity index (χ3n) is 5.39. The fourth-order valence-corrected chi connectivity index (χ4v) is 4.77. The van der Waals surface area contributed by atoms with Crippen molar-refractivity contribution >= 4 is 39.4 Å². The van der Waals surface area contributed by atoms with Gasteiger partial charge in [-0.25, -0.2) is 0 Å². The van der Waals surface area contributed by atoms with Crippen LogP contribution in [0.1, 0.15) is 38.1 Å². The van der Waals surface area contributed by atoms with Gasteiger partial charge < -0.3 is 21.1 Å². The fourth-order valence-electron chi connectivity index (χ4n) is 3.67. The molecule has 1 heterocycles. The van der Waals surface area contributed by atoms with E-state index in [4.69, 9.17) is 10.5 Å². The van der Waals surface area contributed by atoms with Gasteiger partial charge in [-0.15, -0.1) is 11.3 Å². The van der Waals surface area contributed by atoms with Gasteiger partial charge >= 0.3 is 0 Å². The number of nitrogens with two attached hydrogens (primary N) is 1. The fraction of sp³-hybridized carbons (Fsp3) is 0.143. The molecule has 4 aromatic rings. The molecule has 3 aromatic carbocycles. The van der Waals surface area contributed by atoms with Crippen molar-refractivity contribution in [3.8, 4) is 5.75 Å². The lowest BCUT2D eigenvalue weighted by atomic mass is 10.1. The van der Waals surface area contributed by atoms with E-state index >= 15 is 0 Å². The molecule has 1 aromatic heterocycles. The topological polar surface area (TPSA) is 93.4 Å². The number of rotatable bonds is 10. The first-order valence-corrected chi connectivity index (χ1v) is 12.2. The molecule has 0 fully saturated rings. The minimum absolute atomic E-state index is 0.164. The Morgan fingerprint density at radius 2 is 1.57 bits per heavy atom. The first-order valence-electron chi connectivity index (χ1n) is 11.4. The summed E-state index contributed by atoms with van der Waals surface area (Å²) < 4.78 is 5.72. The van der Waals surface area contributed by atoms with Crippen LogP contribution in [0.2, 0.25) is 0 Å². The minimum atomic E-state index is -0.335. The van der Waals surface area contributed by atoms with Gasteiger partial charge in [0.05, 0.1) is 23.5 Å². The van der Waals surface area contributed by atoms with Crippen LogP contribution in [0.15, 0.2) is 84.9 Å². The molecule has 35 heavy (non-hydrogen) atoms. The molecule has 6 nitrogen and oxygen atoms in total. The normalized spacial score (nSPS) is 10.5. The molecule has 0 saturated heterocycles. The van der Waals surface area contributed by atoms with Gasteiger partial charge in [0.15, 0.2) is 0 Å². The summed E-state index contributed by atoms with van der Waals surface area (Å²) in [5.41, 5.74) is 9.18. The quantitative estimate of drug-likeness (QED) is 0.252. The number of ether oxygens (including phenoxy) is 1. The van der Waals surface area contributed by atoms with Gasteiger partial charge in [-0.2, -0.15) is 0 Å². The molecule has 1 amide bonds. The van der Waals surface area contributed by atoms with Crippen LogP contribution in [0.4, 0.5) is 16.4 Å². The van der Waals surface area contributed by atoms with Crippen LogP contribution >= 0.6 is 11.3 Å². The van der Waals surface area contributed by atoms with Crippen LogP contribution in [0.25, 0.3) is 0 Å². The highest BCUT2D eigenvalue weighted by Crippen LogP contribution is 2.40. The molecule has 0 radical (unpaired) electrons. The van der Waals surface area contributed by atoms with Crippen molar-refractivity contribution in [2.45, 2.75) is 13.3 Å². The molecule has 4 rings (SSSR count). The highest BCUT2D eigenvalue weighted by atomic mass is 32.1. The molecular weight excluding hydrogens is 458 g/mol. The Morgan fingerprint density at radius 3 is 2.29 bits per heavy atom. The molecule has 0 bridgehead atoms. The highest BCUT2D eigenvalue weighted by Gasteiger charge is 2.26. The van der Waals surface area contributed by atoms with Crippen LogP contribution in [0.3, 0.4) is 0 Å². The van der Waals surface area contributed by atoms with Crippen molar-refractivity contribution in [1.82, 2.24) is 5.32 Å². The van der Waals surface area contributed by atoms with Crippen LogP contribution in [0, 0.1) is 0 Å². The number of anilines is 3. The second-order valence-corrected chi connectivity index (χ2v) is 8.81. The summed E-state index contributed by atoms with van der Waals surface area (Å²) in [6, 6.07) is 26.3. The Hall–Kier alpha value is -4.10. The van der Waals surface area contributed by atoms with Crippen LogP contribution in [-0.2, 0) is 6.42 Å². The lowest BCUT2D eigenvalue weighted by Gasteiger charge is -2.13. The van der Waals surface area contributed by atoms with Crippen LogP contribution < -0.4 is 21.1 Å². The predicted molar refractivity (Wildman–Crippen MR) is 142 cm³/mol. The highest BCUT2D eigenvalue weighted by molar-refractivity contribution is 7.19. The maximum atomic E-state index is 13.3. The molecule has 0 saturated carbocycles. The standard InChI is InChI=1S/C28H27N3O3S/c1-2-34-22-16-10-9-15-21(22)31-28-23(27(33)30-18-17-19-11-5-3-6-12-19)24(29)26(35-28)25(32)20-13-7-4-8-14-20/h3-16,31H,2,17-18,29H2,1H3,(H,30,33). The molecule has 0 aliphatic heterocycles. The summed E-state index contributed by atoms with van der Waals surface area (Å²) in [6.45, 7) is 2.84. The maximum absolute atomic E-state index is 13.3. The molecule has 0 aliphatic carbocycles. The number of hydrogen-bond donors (Lipinski definition) is 3. The SMILES string of the molecule is CCOc1ccccc1Nc1sc(C(=O)c2ccccc2)c(N)c1C(=O)NCCc1ccccc1. The summed E-state index contributed by atoms with van der Waals surface area (Å²) in [5.74, 6) is 0.0871. The van der Waals surface area contributed by atoms with Crippen molar-refractivity contribution in [3.63, 3.8) is 0 Å². The average molecular weight is 486 g/mol. The third-order valence-corrected chi connectivity index (χ3v) is 6.51. The second kappa shape index (κ2) is 11.4. The Balaban J connectivity index is 1.65. The number of para-hydroxylation sites is 2. The van der Waals surface area contributed by atoms with E-state index in [-0.39, 0.29) is 22.9 Å². The van der Waals surface area contributed by atoms with Crippen LogP contribution in [-0.4, -0.2) is 24.8 Å². The zero-order chi connectivity index (χ0) is 24.6. The number of nitrogen functional groups attached to an aromatic ring is 1. The molecule has 4 N–H and O–H groups in total. The molecule has 0 unspecified atom stereocenters. The average Bonchev–Trinajstić information content (AvgIpc) is 3.21. The Kier molecular flexibility index (Phi) is 7.80. The second-order valence-electron chi connectivity index (χ2n) is 7.79. The van der Waals surface area contributed by atoms with Crippen molar-refractivity contribution in [2.75, 3.05) is 24.2 Å². The molecule has 7 heteroatoms. The van der Waals surface area contributed by atoms with Crippen molar-refractivity contribution < 1.29 is 14.3 Å². The number of carbonyl (C=O) groups is 2. The first-order chi connectivity index (χ1) is 17.1. The molecule has 0 atom stereocenters. The molecule has 178 valence electrons. The maximum Gasteiger partial charge on any atom is 0.256 e. The Labute approximate surface area is 208 Å². The number of amides is 1. The number of ketones is 1. The Bertz CT molecular complexity index is 1300. The van der Waals surface area contributed by atoms with E-state index in [2.05, 4.69) is 10.6 Å². The van der Waals surface area contributed by atoms with Gasteiger partial charge in [0.2, 0.25) is 5.78 Å². The number of thiophene rings is 1. The summed E-state index contributed by atoms with van der Waals surface area (Å²) in [6.07, 6.45) is 0.683. The Morgan fingerprint density at radius 1 is 0.914 bits per heavy atom. The van der Waals surface area contributed by atoms with Crippen molar-refractivity contribution in [3.05, 3.63) is 106 Å². The van der Waals surface area contributed by atoms with E-state index in [9.17, 15) is 9.59 Å². The number of carbonyl (C=O) groups excluding carboxylic acids is 2. The summed E-state index contributed by atoms with van der Waals surface area (Å²) in [4.78, 5) is 26.8. The van der Waals surface area contributed by atoms with E-state index in [1.54, 1.807) is 24.3 Å². The molecular formula is C28H27N3O3S. The van der Waals surface area contributed by atoms with E-state index < -0.39 is 0 Å². The lowest BCUT2D eigenvalue weighted by molar-refractivity contribution is 0.0956. The van der Waals surface area contributed by atoms with E-state index in [0.29, 0.717) is 46.5 Å². The lowest BCUT2D eigenvalue weighted by Crippen LogP contribution is -2.26. The number of benzene rings is 3. The zero-order valence-electron chi connectivity index (χ0n) is 19.4. The summed E-state index contributed by atoms with van der Waals surface area (Å²) in [7, 11) is 0. The molecule has 0 spiro atoms. The van der Waals surface area contributed by atoms with Gasteiger partial charge in [0, 0.05) is 12.1 Å². The van der Waals surface area contributed by atoms with Gasteiger partial charge in [-0.3, -0.25) is 9.59 Å². The summed E-state index contributed by atoms with van der Waals surface area (Å²) in [5, 5.41) is 6.73. The van der Waals surface area contributed by atoms with Gasteiger partial charge in [0.1, 0.15) is 15.6 Å². The monoisotopic (exact) mass is 485 g/mol. The first kappa shape index (κ1) is 24.0. The largest absolute Gasteiger partial charge is 0.492 e. The third kappa shape index (κ3) is 5.70. The van der Waals surface area contributed by atoms with Gasteiger partial charge in [-0.05, 0) is 31.0 Å². The summed E-state index contributed by atoms with van der Waals surface area (Å²) >= 11 is 1.17. The number of nitrogens with one attached hydrogen (secondary N) is 2. The van der Waals surface area contributed by atoms with Crippen LogP contribution in [0.5, 0.6) is 5.75 Å². The predicted octanol–water partition coefficient (Wildman–Crippen LogP) is 5.68. The van der Waals surface area contributed by atoms with E-state index in [0.717, 1.165) is 5.56 Å². The van der Waals surface area contributed by atoms with Gasteiger partial charge in [-0.1, -0.05) is 72.8 Å². The van der Waals surface area contributed by atoms with E-state index in [1.807, 2.05) is 67.6 Å². The number of hydrogen-bond acceptors (Lipinski definition) is 6. The van der Waals surface area contributed by atoms with Gasteiger partial charge in [0.25, 0.3) is 5.91 Å². The van der Waals surface area contributed by atoms with E-state index in [1.165, 1.54) is 11.3 Å². The minimum Gasteiger partial charge on any atom is -0.492 e. The zero-order valence-corrected chi connectivity index (χ0v) is 20.2.